The highest BCUT2D eigenvalue weighted by atomic mass is 16.2. The minimum Gasteiger partial charge on any atom is -0.339 e. The quantitative estimate of drug-likeness (QED) is 0.497. The first-order valence-electron chi connectivity index (χ1n) is 6.92. The fraction of sp³-hybridized carbons (Fsp3) is 0.571. The van der Waals surface area contributed by atoms with E-state index in [1.165, 1.54) is 25.7 Å². The van der Waals surface area contributed by atoms with Crippen LogP contribution in [0.1, 0.15) is 48.9 Å². The summed E-state index contributed by atoms with van der Waals surface area (Å²) in [5.74, 6) is 5.88. The minimum absolute atomic E-state index is 0.0470. The first-order valence-corrected chi connectivity index (χ1v) is 6.92. The van der Waals surface area contributed by atoms with Gasteiger partial charge in [0.2, 0.25) is 0 Å². The van der Waals surface area contributed by atoms with Crippen molar-refractivity contribution in [1.29, 1.82) is 0 Å². The topological polar surface area (TPSA) is 71.2 Å². The van der Waals surface area contributed by atoms with Crippen LogP contribution in [0, 0.1) is 0 Å². The number of amides is 1. The second kappa shape index (κ2) is 6.52. The molecule has 0 spiro atoms. The lowest BCUT2D eigenvalue weighted by Crippen LogP contribution is -2.36. The highest BCUT2D eigenvalue weighted by Gasteiger charge is 2.22. The molecule has 1 aliphatic carbocycles. The van der Waals surface area contributed by atoms with Crippen LogP contribution in [0.5, 0.6) is 0 Å². The molecule has 1 aliphatic rings. The SMILES string of the molecule is CN(C(=O)c1ccnc(NN)c1)C1CCCCCC1. The van der Waals surface area contributed by atoms with Crippen LogP contribution in [0.25, 0.3) is 0 Å². The summed E-state index contributed by atoms with van der Waals surface area (Å²) in [5, 5.41) is 0. The Balaban J connectivity index is 2.08. The van der Waals surface area contributed by atoms with E-state index in [2.05, 4.69) is 10.4 Å². The molecule has 1 aromatic rings. The number of nitrogens with zero attached hydrogens (tertiary/aromatic N) is 2. The number of hydrogen-bond acceptors (Lipinski definition) is 4. The van der Waals surface area contributed by atoms with Crippen LogP contribution >= 0.6 is 0 Å². The van der Waals surface area contributed by atoms with Gasteiger partial charge < -0.3 is 10.3 Å². The van der Waals surface area contributed by atoms with Gasteiger partial charge in [0.15, 0.2) is 0 Å². The molecular weight excluding hydrogens is 240 g/mol. The van der Waals surface area contributed by atoms with E-state index in [4.69, 9.17) is 5.84 Å². The number of rotatable bonds is 3. The molecule has 1 fully saturated rings. The van der Waals surface area contributed by atoms with Crippen molar-refractivity contribution >= 4 is 11.7 Å². The average molecular weight is 262 g/mol. The molecule has 1 heterocycles. The summed E-state index contributed by atoms with van der Waals surface area (Å²) in [5.41, 5.74) is 3.10. The number of carbonyl (C=O) groups is 1. The van der Waals surface area contributed by atoms with Crippen LogP contribution in [0.4, 0.5) is 5.82 Å². The largest absolute Gasteiger partial charge is 0.339 e. The van der Waals surface area contributed by atoms with Gasteiger partial charge in [-0.2, -0.15) is 0 Å². The second-order valence-corrected chi connectivity index (χ2v) is 5.14. The van der Waals surface area contributed by atoms with Crippen LogP contribution in [0.3, 0.4) is 0 Å². The first kappa shape index (κ1) is 13.8. The summed E-state index contributed by atoms with van der Waals surface area (Å²) in [4.78, 5) is 18.4. The Morgan fingerprint density at radius 1 is 1.37 bits per heavy atom. The van der Waals surface area contributed by atoms with Gasteiger partial charge in [-0.05, 0) is 25.0 Å². The van der Waals surface area contributed by atoms with E-state index >= 15 is 0 Å². The molecule has 1 saturated carbocycles. The molecule has 0 radical (unpaired) electrons. The number of nitrogen functional groups attached to an aromatic ring is 1. The van der Waals surface area contributed by atoms with Crippen LogP contribution < -0.4 is 11.3 Å². The molecule has 0 aliphatic heterocycles. The van der Waals surface area contributed by atoms with Crippen molar-refractivity contribution in [3.8, 4) is 0 Å². The van der Waals surface area contributed by atoms with Crippen molar-refractivity contribution < 1.29 is 4.79 Å². The zero-order chi connectivity index (χ0) is 13.7. The smallest absolute Gasteiger partial charge is 0.254 e. The van der Waals surface area contributed by atoms with Crippen molar-refractivity contribution in [1.82, 2.24) is 9.88 Å². The number of hydrogen-bond donors (Lipinski definition) is 2. The summed E-state index contributed by atoms with van der Waals surface area (Å²) in [6.07, 6.45) is 8.82. The van der Waals surface area contributed by atoms with Crippen molar-refractivity contribution in [3.05, 3.63) is 23.9 Å². The number of nitrogens with one attached hydrogen (secondary N) is 1. The normalized spacial score (nSPS) is 16.7. The van der Waals surface area contributed by atoms with Crippen molar-refractivity contribution in [3.63, 3.8) is 0 Å². The van der Waals surface area contributed by atoms with Crippen LogP contribution in [0.2, 0.25) is 0 Å². The van der Waals surface area contributed by atoms with Gasteiger partial charge >= 0.3 is 0 Å². The van der Waals surface area contributed by atoms with Crippen molar-refractivity contribution in [2.75, 3.05) is 12.5 Å². The molecule has 1 aromatic heterocycles. The molecule has 19 heavy (non-hydrogen) atoms. The standard InChI is InChI=1S/C14H22N4O/c1-18(12-6-4-2-3-5-7-12)14(19)11-8-9-16-13(10-11)17-15/h8-10,12H,2-7,15H2,1H3,(H,16,17). The lowest BCUT2D eigenvalue weighted by molar-refractivity contribution is 0.0717. The molecule has 0 atom stereocenters. The molecule has 3 N–H and O–H groups in total. The molecule has 0 aromatic carbocycles. The van der Waals surface area contributed by atoms with Gasteiger partial charge in [-0.1, -0.05) is 25.7 Å². The maximum absolute atomic E-state index is 12.5. The third-order valence-electron chi connectivity index (χ3n) is 3.85. The van der Waals surface area contributed by atoms with Crippen LogP contribution in [0.15, 0.2) is 18.3 Å². The Bertz CT molecular complexity index is 427. The van der Waals surface area contributed by atoms with Gasteiger partial charge in [-0.15, -0.1) is 0 Å². The van der Waals surface area contributed by atoms with E-state index in [1.807, 2.05) is 11.9 Å². The van der Waals surface area contributed by atoms with Crippen molar-refractivity contribution in [2.24, 2.45) is 5.84 Å². The second-order valence-electron chi connectivity index (χ2n) is 5.14. The van der Waals surface area contributed by atoms with Gasteiger partial charge in [0.1, 0.15) is 5.82 Å². The fourth-order valence-electron chi connectivity index (χ4n) is 2.66. The Hall–Kier alpha value is -1.62. The highest BCUT2D eigenvalue weighted by Crippen LogP contribution is 2.22. The van der Waals surface area contributed by atoms with E-state index < -0.39 is 0 Å². The average Bonchev–Trinajstić information content (AvgIpc) is 2.75. The first-order chi connectivity index (χ1) is 9.22. The molecular formula is C14H22N4O. The maximum Gasteiger partial charge on any atom is 0.254 e. The van der Waals surface area contributed by atoms with Gasteiger partial charge in [0.25, 0.3) is 5.91 Å². The molecule has 0 bridgehead atoms. The molecule has 1 amide bonds. The molecule has 104 valence electrons. The van der Waals surface area contributed by atoms with E-state index in [1.54, 1.807) is 18.3 Å². The zero-order valence-electron chi connectivity index (χ0n) is 11.4. The van der Waals surface area contributed by atoms with E-state index in [0.29, 0.717) is 17.4 Å². The van der Waals surface area contributed by atoms with Gasteiger partial charge in [-0.25, -0.2) is 10.8 Å². The molecule has 2 rings (SSSR count). The van der Waals surface area contributed by atoms with E-state index in [0.717, 1.165) is 12.8 Å². The maximum atomic E-state index is 12.5. The molecule has 0 saturated heterocycles. The Labute approximate surface area is 114 Å². The lowest BCUT2D eigenvalue weighted by Gasteiger charge is -2.27. The predicted octanol–water partition coefficient (Wildman–Crippen LogP) is 2.16. The van der Waals surface area contributed by atoms with E-state index in [-0.39, 0.29) is 5.91 Å². The summed E-state index contributed by atoms with van der Waals surface area (Å²) in [6.45, 7) is 0. The van der Waals surface area contributed by atoms with Gasteiger partial charge in [0, 0.05) is 24.8 Å². The summed E-state index contributed by atoms with van der Waals surface area (Å²) >= 11 is 0. The number of anilines is 1. The third-order valence-corrected chi connectivity index (χ3v) is 3.85. The van der Waals surface area contributed by atoms with Crippen LogP contribution in [-0.4, -0.2) is 28.9 Å². The Morgan fingerprint density at radius 2 is 2.05 bits per heavy atom. The van der Waals surface area contributed by atoms with Crippen molar-refractivity contribution in [2.45, 2.75) is 44.6 Å². The Kier molecular flexibility index (Phi) is 4.74. The highest BCUT2D eigenvalue weighted by molar-refractivity contribution is 5.94. The number of hydrazine groups is 1. The number of nitrogens with two attached hydrogens (primary N) is 1. The monoisotopic (exact) mass is 262 g/mol. The molecule has 5 heteroatoms. The van der Waals surface area contributed by atoms with Gasteiger partial charge in [-0.3, -0.25) is 4.79 Å². The van der Waals surface area contributed by atoms with Gasteiger partial charge in [0.05, 0.1) is 0 Å². The lowest BCUT2D eigenvalue weighted by atomic mass is 10.1. The zero-order valence-corrected chi connectivity index (χ0v) is 11.4. The van der Waals surface area contributed by atoms with Crippen LogP contribution in [-0.2, 0) is 0 Å². The molecule has 0 unspecified atom stereocenters. The number of pyridine rings is 1. The fourth-order valence-corrected chi connectivity index (χ4v) is 2.66. The summed E-state index contributed by atoms with van der Waals surface area (Å²) in [6, 6.07) is 3.78. The minimum atomic E-state index is 0.0470. The van der Waals surface area contributed by atoms with E-state index in [9.17, 15) is 4.79 Å². The third kappa shape index (κ3) is 3.44. The Morgan fingerprint density at radius 3 is 2.68 bits per heavy atom. The number of aromatic nitrogens is 1. The summed E-state index contributed by atoms with van der Waals surface area (Å²) in [7, 11) is 1.90. The predicted molar refractivity (Wildman–Crippen MR) is 75.6 cm³/mol. The number of carbonyl (C=O) groups excluding carboxylic acids is 1. The summed E-state index contributed by atoms with van der Waals surface area (Å²) < 4.78 is 0. The molecule has 5 nitrogen and oxygen atoms in total.